The number of amides is 2. The van der Waals surface area contributed by atoms with Gasteiger partial charge in [-0.1, -0.05) is 12.8 Å². The van der Waals surface area contributed by atoms with Crippen LogP contribution in [0.5, 0.6) is 0 Å². The van der Waals surface area contributed by atoms with E-state index in [0.717, 1.165) is 25.7 Å². The van der Waals surface area contributed by atoms with Crippen molar-refractivity contribution in [3.8, 4) is 0 Å². The molecule has 3 N–H and O–H groups in total. The number of nitrogens with zero attached hydrogens (tertiary/aromatic N) is 1. The van der Waals surface area contributed by atoms with Crippen LogP contribution in [0, 0.1) is 5.41 Å². The number of rotatable bonds is 6. The zero-order valence-corrected chi connectivity index (χ0v) is 10.6. The van der Waals surface area contributed by atoms with E-state index in [2.05, 4.69) is 0 Å². The van der Waals surface area contributed by atoms with Gasteiger partial charge in [-0.15, -0.1) is 0 Å². The van der Waals surface area contributed by atoms with Crippen molar-refractivity contribution in [1.29, 1.82) is 0 Å². The van der Waals surface area contributed by atoms with E-state index < -0.39 is 17.3 Å². The lowest BCUT2D eigenvalue weighted by Gasteiger charge is -2.28. The number of carboxylic acids is 1. The second-order valence-electron chi connectivity index (χ2n) is 5.17. The van der Waals surface area contributed by atoms with Crippen LogP contribution in [0.15, 0.2) is 0 Å². The Bertz CT molecular complexity index is 348. The number of aliphatic carboxylic acids is 1. The molecule has 0 radical (unpaired) electrons. The molecule has 0 aromatic carbocycles. The smallest absolute Gasteiger partial charge is 0.303 e. The van der Waals surface area contributed by atoms with Crippen LogP contribution in [0.2, 0.25) is 0 Å². The lowest BCUT2D eigenvalue weighted by Crippen LogP contribution is -2.38. The molecule has 1 rings (SSSR count). The summed E-state index contributed by atoms with van der Waals surface area (Å²) >= 11 is 0. The van der Waals surface area contributed by atoms with Crippen molar-refractivity contribution < 1.29 is 19.5 Å². The number of primary amides is 1. The average molecular weight is 256 g/mol. The van der Waals surface area contributed by atoms with Gasteiger partial charge in [0, 0.05) is 13.5 Å². The minimum Gasteiger partial charge on any atom is -0.481 e. The van der Waals surface area contributed by atoms with E-state index >= 15 is 0 Å². The van der Waals surface area contributed by atoms with Crippen LogP contribution < -0.4 is 5.73 Å². The summed E-state index contributed by atoms with van der Waals surface area (Å²) in [5.74, 6) is -1.65. The minimum absolute atomic E-state index is 0.0170. The molecule has 0 spiro atoms. The topological polar surface area (TPSA) is 101 Å². The second-order valence-corrected chi connectivity index (χ2v) is 5.17. The van der Waals surface area contributed by atoms with Gasteiger partial charge in [-0.3, -0.25) is 14.4 Å². The fraction of sp³-hybridized carbons (Fsp3) is 0.750. The van der Waals surface area contributed by atoms with Crippen LogP contribution in [-0.2, 0) is 14.4 Å². The van der Waals surface area contributed by atoms with Crippen LogP contribution in [0.4, 0.5) is 0 Å². The Labute approximate surface area is 106 Å². The third-order valence-electron chi connectivity index (χ3n) is 3.54. The highest BCUT2D eigenvalue weighted by Gasteiger charge is 2.38. The number of nitrogens with two attached hydrogens (primary N) is 1. The number of carbonyl (C=O) groups is 3. The number of hydrogen-bond acceptors (Lipinski definition) is 3. The highest BCUT2D eigenvalue weighted by Crippen LogP contribution is 2.44. The predicted molar refractivity (Wildman–Crippen MR) is 64.6 cm³/mol. The first-order valence-electron chi connectivity index (χ1n) is 6.09. The summed E-state index contributed by atoms with van der Waals surface area (Å²) in [5.41, 5.74) is 4.59. The summed E-state index contributed by atoms with van der Waals surface area (Å²) in [6.07, 6.45) is 3.64. The fourth-order valence-electron chi connectivity index (χ4n) is 2.64. The molecule has 0 atom stereocenters. The quantitative estimate of drug-likeness (QED) is 0.716. The Balaban J connectivity index is 2.63. The number of carboxylic acid groups (broad SMARTS) is 1. The Kier molecular flexibility index (Phi) is 4.69. The molecule has 102 valence electrons. The van der Waals surface area contributed by atoms with E-state index in [1.807, 2.05) is 0 Å². The molecule has 18 heavy (non-hydrogen) atoms. The molecular formula is C12H20N2O4. The molecule has 1 aliphatic carbocycles. The van der Waals surface area contributed by atoms with Crippen LogP contribution in [-0.4, -0.2) is 41.4 Å². The standard InChI is InChI=1S/C12H20N2O4/c1-14(8-9(13)15)10(16)6-12(7-11(17)18)4-2-3-5-12/h2-8H2,1H3,(H2,13,15)(H,17,18). The molecule has 0 saturated heterocycles. The van der Waals surface area contributed by atoms with Crippen molar-refractivity contribution in [1.82, 2.24) is 4.90 Å². The lowest BCUT2D eigenvalue weighted by molar-refractivity contribution is -0.142. The third kappa shape index (κ3) is 4.01. The highest BCUT2D eigenvalue weighted by molar-refractivity contribution is 5.84. The Morgan fingerprint density at radius 3 is 2.22 bits per heavy atom. The van der Waals surface area contributed by atoms with Crippen molar-refractivity contribution >= 4 is 17.8 Å². The maximum atomic E-state index is 11.9. The first kappa shape index (κ1) is 14.5. The van der Waals surface area contributed by atoms with E-state index in [1.165, 1.54) is 11.9 Å². The Morgan fingerprint density at radius 2 is 1.78 bits per heavy atom. The number of likely N-dealkylation sites (N-methyl/N-ethyl adjacent to an activating group) is 1. The van der Waals surface area contributed by atoms with E-state index in [0.29, 0.717) is 0 Å². The molecule has 0 bridgehead atoms. The van der Waals surface area contributed by atoms with E-state index in [4.69, 9.17) is 10.8 Å². The van der Waals surface area contributed by atoms with Crippen molar-refractivity contribution in [2.45, 2.75) is 38.5 Å². The first-order chi connectivity index (χ1) is 8.34. The van der Waals surface area contributed by atoms with Gasteiger partial charge >= 0.3 is 5.97 Å². The molecule has 2 amide bonds. The summed E-state index contributed by atoms with van der Waals surface area (Å²) in [6.45, 7) is -0.123. The van der Waals surface area contributed by atoms with Gasteiger partial charge in [0.05, 0.1) is 13.0 Å². The predicted octanol–water partition coefficient (Wildman–Crippen LogP) is 0.355. The van der Waals surface area contributed by atoms with Crippen LogP contribution in [0.1, 0.15) is 38.5 Å². The maximum Gasteiger partial charge on any atom is 0.303 e. The Morgan fingerprint density at radius 1 is 1.22 bits per heavy atom. The molecule has 0 unspecified atom stereocenters. The summed E-state index contributed by atoms with van der Waals surface area (Å²) in [5, 5.41) is 8.94. The van der Waals surface area contributed by atoms with Gasteiger partial charge in [0.15, 0.2) is 0 Å². The van der Waals surface area contributed by atoms with Gasteiger partial charge in [-0.05, 0) is 18.3 Å². The van der Waals surface area contributed by atoms with Crippen molar-refractivity contribution in [3.05, 3.63) is 0 Å². The first-order valence-corrected chi connectivity index (χ1v) is 6.09. The number of carbonyl (C=O) groups excluding carboxylic acids is 2. The van der Waals surface area contributed by atoms with E-state index in [9.17, 15) is 14.4 Å². The van der Waals surface area contributed by atoms with Gasteiger partial charge in [-0.25, -0.2) is 0 Å². The molecule has 1 aliphatic rings. The largest absolute Gasteiger partial charge is 0.481 e. The van der Waals surface area contributed by atoms with Crippen LogP contribution >= 0.6 is 0 Å². The van der Waals surface area contributed by atoms with E-state index in [1.54, 1.807) is 0 Å². The minimum atomic E-state index is -0.873. The average Bonchev–Trinajstić information content (AvgIpc) is 2.63. The van der Waals surface area contributed by atoms with Crippen molar-refractivity contribution in [2.75, 3.05) is 13.6 Å². The van der Waals surface area contributed by atoms with Crippen molar-refractivity contribution in [3.63, 3.8) is 0 Å². The molecule has 6 nitrogen and oxygen atoms in total. The molecule has 0 aromatic heterocycles. The van der Waals surface area contributed by atoms with Gasteiger partial charge in [0.1, 0.15) is 0 Å². The normalized spacial score (nSPS) is 17.4. The summed E-state index contributed by atoms with van der Waals surface area (Å²) in [7, 11) is 1.51. The molecule has 0 heterocycles. The van der Waals surface area contributed by atoms with Crippen LogP contribution in [0.25, 0.3) is 0 Å². The molecule has 1 fully saturated rings. The Hall–Kier alpha value is -1.59. The fourth-order valence-corrected chi connectivity index (χ4v) is 2.64. The zero-order chi connectivity index (χ0) is 13.8. The highest BCUT2D eigenvalue weighted by atomic mass is 16.4. The molecule has 0 aliphatic heterocycles. The summed E-state index contributed by atoms with van der Waals surface area (Å²) in [6, 6.07) is 0. The molecule has 0 aromatic rings. The third-order valence-corrected chi connectivity index (χ3v) is 3.54. The van der Waals surface area contributed by atoms with E-state index in [-0.39, 0.29) is 25.3 Å². The van der Waals surface area contributed by atoms with Crippen molar-refractivity contribution in [2.24, 2.45) is 11.1 Å². The van der Waals surface area contributed by atoms with Gasteiger partial charge < -0.3 is 15.7 Å². The summed E-state index contributed by atoms with van der Waals surface area (Å²) < 4.78 is 0. The zero-order valence-electron chi connectivity index (χ0n) is 10.6. The second kappa shape index (κ2) is 5.84. The molecular weight excluding hydrogens is 236 g/mol. The van der Waals surface area contributed by atoms with Gasteiger partial charge in [0.2, 0.25) is 11.8 Å². The van der Waals surface area contributed by atoms with Gasteiger partial charge in [0.25, 0.3) is 0 Å². The van der Waals surface area contributed by atoms with Gasteiger partial charge in [-0.2, -0.15) is 0 Å². The van der Waals surface area contributed by atoms with Crippen LogP contribution in [0.3, 0.4) is 0 Å². The number of hydrogen-bond donors (Lipinski definition) is 2. The monoisotopic (exact) mass is 256 g/mol. The summed E-state index contributed by atoms with van der Waals surface area (Å²) in [4.78, 5) is 34.8. The SMILES string of the molecule is CN(CC(N)=O)C(=O)CC1(CC(=O)O)CCCC1. The molecule has 6 heteroatoms. The molecule has 1 saturated carbocycles. The lowest BCUT2D eigenvalue weighted by atomic mass is 9.79. The maximum absolute atomic E-state index is 11.9.